The second-order valence-corrected chi connectivity index (χ2v) is 5.95. The lowest BCUT2D eigenvalue weighted by molar-refractivity contribution is -0.140. The average molecular weight is 297 g/mol. The maximum absolute atomic E-state index is 11.1. The second-order valence-electron chi connectivity index (χ2n) is 5.10. The maximum atomic E-state index is 11.1. The van der Waals surface area contributed by atoms with Crippen LogP contribution < -0.4 is 5.32 Å². The zero-order chi connectivity index (χ0) is 14.4. The molecular formula is C14H23N3O2S. The number of anilines is 1. The molecule has 1 atom stereocenters. The molecule has 6 heteroatoms. The normalized spacial score (nSPS) is 19.8. The molecule has 1 saturated heterocycles. The quantitative estimate of drug-likeness (QED) is 0.815. The van der Waals surface area contributed by atoms with Gasteiger partial charge in [-0.15, -0.1) is 11.3 Å². The van der Waals surface area contributed by atoms with E-state index in [0.29, 0.717) is 18.9 Å². The van der Waals surface area contributed by atoms with Crippen LogP contribution in [0.4, 0.5) is 5.13 Å². The van der Waals surface area contributed by atoms with E-state index in [1.54, 1.807) is 11.3 Å². The number of piperidine rings is 1. The summed E-state index contributed by atoms with van der Waals surface area (Å²) in [6.07, 6.45) is 3.49. The third kappa shape index (κ3) is 4.45. The van der Waals surface area contributed by atoms with E-state index in [1.807, 2.05) is 5.38 Å². The molecule has 0 aliphatic carbocycles. The number of nitrogens with zero attached hydrogens (tertiary/aromatic N) is 2. The van der Waals surface area contributed by atoms with E-state index in [9.17, 15) is 4.79 Å². The van der Waals surface area contributed by atoms with Crippen LogP contribution >= 0.6 is 11.3 Å². The van der Waals surface area contributed by atoms with Crippen molar-refractivity contribution in [2.24, 2.45) is 0 Å². The van der Waals surface area contributed by atoms with E-state index in [1.165, 1.54) is 26.5 Å². The van der Waals surface area contributed by atoms with Gasteiger partial charge in [0.2, 0.25) is 0 Å². The molecule has 1 aromatic rings. The number of hydrogen-bond donors (Lipinski definition) is 1. The number of methoxy groups -OCH3 is 1. The molecule has 2 rings (SSSR count). The number of carbonyl (C=O) groups is 1. The van der Waals surface area contributed by atoms with Crippen molar-refractivity contribution in [3.63, 3.8) is 0 Å². The summed E-state index contributed by atoms with van der Waals surface area (Å²) in [5, 5.41) is 6.50. The molecule has 20 heavy (non-hydrogen) atoms. The lowest BCUT2D eigenvalue weighted by atomic mass is 10.1. The highest BCUT2D eigenvalue weighted by molar-refractivity contribution is 7.13. The highest BCUT2D eigenvalue weighted by Crippen LogP contribution is 2.20. The Labute approximate surface area is 124 Å². The van der Waals surface area contributed by atoms with Gasteiger partial charge in [-0.25, -0.2) is 4.98 Å². The minimum atomic E-state index is -0.182. The Bertz CT molecular complexity index is 436. The topological polar surface area (TPSA) is 54.5 Å². The van der Waals surface area contributed by atoms with Crippen molar-refractivity contribution in [1.82, 2.24) is 9.88 Å². The molecule has 1 N–H and O–H groups in total. The highest BCUT2D eigenvalue weighted by Gasteiger charge is 2.19. The van der Waals surface area contributed by atoms with Crippen molar-refractivity contribution in [1.29, 1.82) is 0 Å². The van der Waals surface area contributed by atoms with Crippen molar-refractivity contribution in [2.75, 3.05) is 32.1 Å². The molecule has 0 saturated carbocycles. The number of esters is 1. The van der Waals surface area contributed by atoms with Gasteiger partial charge in [0.1, 0.15) is 0 Å². The van der Waals surface area contributed by atoms with Crippen LogP contribution in [0.3, 0.4) is 0 Å². The minimum Gasteiger partial charge on any atom is -0.469 e. The first-order valence-corrected chi connectivity index (χ1v) is 8.09. The zero-order valence-corrected chi connectivity index (χ0v) is 13.0. The van der Waals surface area contributed by atoms with Crippen LogP contribution in [0, 0.1) is 0 Å². The number of ether oxygens (including phenoxy) is 1. The monoisotopic (exact) mass is 297 g/mol. The third-order valence-electron chi connectivity index (χ3n) is 3.65. The van der Waals surface area contributed by atoms with Gasteiger partial charge in [-0.05, 0) is 25.9 Å². The molecule has 0 amide bonds. The second kappa shape index (κ2) is 7.59. The maximum Gasteiger partial charge on any atom is 0.305 e. The van der Waals surface area contributed by atoms with Gasteiger partial charge in [0.05, 0.1) is 19.2 Å². The number of carbonyl (C=O) groups excluding carboxylic acids is 1. The summed E-state index contributed by atoms with van der Waals surface area (Å²) in [7, 11) is 1.42. The number of rotatable bonds is 6. The highest BCUT2D eigenvalue weighted by atomic mass is 32.1. The number of thiazole rings is 1. The molecule has 5 nitrogen and oxygen atoms in total. The van der Waals surface area contributed by atoms with Gasteiger partial charge in [-0.3, -0.25) is 4.79 Å². The number of aromatic nitrogens is 1. The van der Waals surface area contributed by atoms with Crippen LogP contribution in [-0.4, -0.2) is 48.6 Å². The van der Waals surface area contributed by atoms with Crippen molar-refractivity contribution < 1.29 is 9.53 Å². The summed E-state index contributed by atoms with van der Waals surface area (Å²) in [6.45, 7) is 5.61. The largest absolute Gasteiger partial charge is 0.469 e. The standard InChI is InChI=1S/C14H23N3O2S/c1-3-17-8-4-5-11(9-17)15-14-16-12(10-20-14)6-7-13(18)19-2/h10-11H,3-9H2,1-2H3,(H,15,16). The first-order valence-electron chi connectivity index (χ1n) is 7.21. The first kappa shape index (κ1) is 15.3. The predicted octanol–water partition coefficient (Wildman–Crippen LogP) is 2.14. The van der Waals surface area contributed by atoms with E-state index in [0.717, 1.165) is 23.9 Å². The van der Waals surface area contributed by atoms with Gasteiger partial charge < -0.3 is 15.0 Å². The zero-order valence-electron chi connectivity index (χ0n) is 12.2. The van der Waals surface area contributed by atoms with Crippen molar-refractivity contribution in [3.8, 4) is 0 Å². The van der Waals surface area contributed by atoms with Crippen molar-refractivity contribution in [3.05, 3.63) is 11.1 Å². The van der Waals surface area contributed by atoms with Gasteiger partial charge in [0.25, 0.3) is 0 Å². The van der Waals surface area contributed by atoms with Crippen LogP contribution in [0.1, 0.15) is 31.9 Å². The fraction of sp³-hybridized carbons (Fsp3) is 0.714. The molecule has 2 heterocycles. The fourth-order valence-corrected chi connectivity index (χ4v) is 3.28. The number of likely N-dealkylation sites (tertiary alicyclic amines) is 1. The number of hydrogen-bond acceptors (Lipinski definition) is 6. The SMILES string of the molecule is CCN1CCCC(Nc2nc(CCC(=O)OC)cs2)C1. The minimum absolute atomic E-state index is 0.182. The van der Waals surface area contributed by atoms with E-state index in [4.69, 9.17) is 0 Å². The predicted molar refractivity (Wildman–Crippen MR) is 81.2 cm³/mol. The van der Waals surface area contributed by atoms with Gasteiger partial charge in [-0.1, -0.05) is 6.92 Å². The van der Waals surface area contributed by atoms with Crippen LogP contribution in [0.25, 0.3) is 0 Å². The average Bonchev–Trinajstić information content (AvgIpc) is 2.92. The van der Waals surface area contributed by atoms with E-state index in [2.05, 4.69) is 26.9 Å². The Morgan fingerprint density at radius 2 is 2.50 bits per heavy atom. The van der Waals surface area contributed by atoms with Crippen LogP contribution in [0.2, 0.25) is 0 Å². The summed E-state index contributed by atoms with van der Waals surface area (Å²) in [5.41, 5.74) is 0.964. The molecule has 1 fully saturated rings. The van der Waals surface area contributed by atoms with Crippen LogP contribution in [0.5, 0.6) is 0 Å². The Morgan fingerprint density at radius 1 is 1.65 bits per heavy atom. The molecule has 112 valence electrons. The summed E-state index contributed by atoms with van der Waals surface area (Å²) in [5.74, 6) is -0.182. The Kier molecular flexibility index (Phi) is 5.79. The van der Waals surface area contributed by atoms with E-state index >= 15 is 0 Å². The molecule has 0 spiro atoms. The van der Waals surface area contributed by atoms with Crippen LogP contribution in [-0.2, 0) is 16.0 Å². The van der Waals surface area contributed by atoms with E-state index in [-0.39, 0.29) is 5.97 Å². The number of likely N-dealkylation sites (N-methyl/N-ethyl adjacent to an activating group) is 1. The molecule has 0 bridgehead atoms. The Morgan fingerprint density at radius 3 is 3.25 bits per heavy atom. The molecule has 1 aromatic heterocycles. The molecule has 1 aliphatic rings. The lowest BCUT2D eigenvalue weighted by Gasteiger charge is -2.32. The first-order chi connectivity index (χ1) is 9.71. The number of nitrogens with one attached hydrogen (secondary N) is 1. The van der Waals surface area contributed by atoms with Gasteiger partial charge >= 0.3 is 5.97 Å². The lowest BCUT2D eigenvalue weighted by Crippen LogP contribution is -2.41. The van der Waals surface area contributed by atoms with E-state index < -0.39 is 0 Å². The van der Waals surface area contributed by atoms with Crippen LogP contribution in [0.15, 0.2) is 5.38 Å². The Hall–Kier alpha value is -1.14. The van der Waals surface area contributed by atoms with Crippen molar-refractivity contribution >= 4 is 22.4 Å². The molecule has 0 aromatic carbocycles. The fourth-order valence-electron chi connectivity index (χ4n) is 2.46. The van der Waals surface area contributed by atoms with Crippen molar-refractivity contribution in [2.45, 2.75) is 38.6 Å². The Balaban J connectivity index is 1.81. The summed E-state index contributed by atoms with van der Waals surface area (Å²) < 4.78 is 4.64. The number of aryl methyl sites for hydroxylation is 1. The smallest absolute Gasteiger partial charge is 0.305 e. The molecule has 0 radical (unpaired) electrons. The summed E-state index contributed by atoms with van der Waals surface area (Å²) in [6, 6.07) is 0.489. The van der Waals surface area contributed by atoms with Gasteiger partial charge in [0, 0.05) is 24.4 Å². The summed E-state index contributed by atoms with van der Waals surface area (Å²) in [4.78, 5) is 18.1. The van der Waals surface area contributed by atoms with Gasteiger partial charge in [-0.2, -0.15) is 0 Å². The molecular weight excluding hydrogens is 274 g/mol. The van der Waals surface area contributed by atoms with Gasteiger partial charge in [0.15, 0.2) is 5.13 Å². The molecule has 1 unspecified atom stereocenters. The third-order valence-corrected chi connectivity index (χ3v) is 4.47. The summed E-state index contributed by atoms with van der Waals surface area (Å²) >= 11 is 1.62. The molecule has 1 aliphatic heterocycles.